The second-order valence-corrected chi connectivity index (χ2v) is 12.1. The van der Waals surface area contributed by atoms with E-state index in [-0.39, 0.29) is 5.91 Å². The number of unbranched alkanes of at least 4 members (excludes halogenated alkanes) is 15. The maximum Gasteiger partial charge on any atom is 0.234 e. The van der Waals surface area contributed by atoms with Gasteiger partial charge in [0.1, 0.15) is 0 Å². The first kappa shape index (κ1) is 32.5. The van der Waals surface area contributed by atoms with Crippen LogP contribution in [0.15, 0.2) is 0 Å². The predicted octanol–water partition coefficient (Wildman–Crippen LogP) is 9.29. The molecule has 1 N–H and O–H groups in total. The van der Waals surface area contributed by atoms with Crippen molar-refractivity contribution in [1.82, 2.24) is 10.2 Å². The normalized spacial score (nSPS) is 18.2. The Morgan fingerprint density at radius 1 is 0.657 bits per heavy atom. The van der Waals surface area contributed by atoms with Crippen molar-refractivity contribution in [3.8, 4) is 0 Å². The molecule has 0 spiro atoms. The van der Waals surface area contributed by atoms with Gasteiger partial charge in [-0.25, -0.2) is 0 Å². The molecular formula is C32H64N2O. The van der Waals surface area contributed by atoms with Gasteiger partial charge in [0.25, 0.3) is 0 Å². The Balaban J connectivity index is 2.05. The van der Waals surface area contributed by atoms with E-state index in [0.717, 1.165) is 24.7 Å². The highest BCUT2D eigenvalue weighted by molar-refractivity contribution is 5.78. The van der Waals surface area contributed by atoms with Crippen LogP contribution in [0.5, 0.6) is 0 Å². The lowest BCUT2D eigenvalue weighted by Gasteiger charge is -2.20. The zero-order valence-electron chi connectivity index (χ0n) is 24.6. The summed E-state index contributed by atoms with van der Waals surface area (Å²) in [6, 6.07) is 0.382. The van der Waals surface area contributed by atoms with Crippen molar-refractivity contribution in [2.45, 2.75) is 168 Å². The maximum atomic E-state index is 12.3. The summed E-state index contributed by atoms with van der Waals surface area (Å²) in [5.74, 6) is 2.35. The lowest BCUT2D eigenvalue weighted by Crippen LogP contribution is -2.40. The van der Waals surface area contributed by atoms with Crippen molar-refractivity contribution in [3.63, 3.8) is 0 Å². The number of hydrogen-bond donors (Lipinski definition) is 1. The molecule has 0 aromatic carbocycles. The molecular weight excluding hydrogens is 428 g/mol. The Hall–Kier alpha value is -0.570. The number of likely N-dealkylation sites (N-methyl/N-ethyl adjacent to an activating group) is 1. The molecule has 0 aliphatic heterocycles. The zero-order chi connectivity index (χ0) is 25.6. The van der Waals surface area contributed by atoms with Crippen molar-refractivity contribution in [2.24, 2.45) is 11.8 Å². The summed E-state index contributed by atoms with van der Waals surface area (Å²) >= 11 is 0. The monoisotopic (exact) mass is 493 g/mol. The van der Waals surface area contributed by atoms with Crippen LogP contribution in [0.1, 0.15) is 162 Å². The van der Waals surface area contributed by atoms with Gasteiger partial charge in [0.05, 0.1) is 6.54 Å². The molecule has 3 atom stereocenters. The van der Waals surface area contributed by atoms with Crippen LogP contribution in [0.25, 0.3) is 0 Å². The topological polar surface area (TPSA) is 32.3 Å². The second-order valence-electron chi connectivity index (χ2n) is 12.1. The Morgan fingerprint density at radius 2 is 1.06 bits per heavy atom. The van der Waals surface area contributed by atoms with Gasteiger partial charge in [-0.2, -0.15) is 0 Å². The van der Waals surface area contributed by atoms with E-state index >= 15 is 0 Å². The van der Waals surface area contributed by atoms with Gasteiger partial charge in [0, 0.05) is 6.04 Å². The van der Waals surface area contributed by atoms with Gasteiger partial charge in [0.2, 0.25) is 5.91 Å². The van der Waals surface area contributed by atoms with E-state index in [9.17, 15) is 4.79 Å². The van der Waals surface area contributed by atoms with Crippen LogP contribution in [0, 0.1) is 11.8 Å². The Kier molecular flexibility index (Phi) is 21.0. The number of nitrogens with one attached hydrogen (secondary N) is 1. The standard InChI is InChI=1S/C32H64N2O/c1-5-7-9-11-13-17-21-25-31(33-32(35)28-34(3)4)26-22-18-14-16-20-24-30-27-29(30)23-19-15-12-10-8-6-2/h29-31H,5-28H2,1-4H3,(H,33,35)/t29-,30-,31-/m1/s1. The minimum Gasteiger partial charge on any atom is -0.352 e. The number of hydrogen-bond acceptors (Lipinski definition) is 2. The molecule has 3 heteroatoms. The van der Waals surface area contributed by atoms with Gasteiger partial charge in [-0.15, -0.1) is 0 Å². The summed E-state index contributed by atoms with van der Waals surface area (Å²) in [4.78, 5) is 14.3. The zero-order valence-corrected chi connectivity index (χ0v) is 24.6. The average molecular weight is 493 g/mol. The van der Waals surface area contributed by atoms with Crippen LogP contribution < -0.4 is 5.32 Å². The van der Waals surface area contributed by atoms with Crippen LogP contribution >= 0.6 is 0 Å². The van der Waals surface area contributed by atoms with E-state index in [1.165, 1.54) is 135 Å². The number of rotatable bonds is 26. The van der Waals surface area contributed by atoms with Crippen LogP contribution in [-0.2, 0) is 4.79 Å². The molecule has 1 aliphatic carbocycles. The number of nitrogens with zero attached hydrogens (tertiary/aromatic N) is 1. The number of carbonyl (C=O) groups excluding carboxylic acids is 1. The molecule has 1 fully saturated rings. The van der Waals surface area contributed by atoms with Crippen molar-refractivity contribution in [1.29, 1.82) is 0 Å². The molecule has 0 radical (unpaired) electrons. The molecule has 0 heterocycles. The molecule has 0 unspecified atom stereocenters. The number of carbonyl (C=O) groups is 1. The quantitative estimate of drug-likeness (QED) is 0.122. The van der Waals surface area contributed by atoms with E-state index in [1.807, 2.05) is 19.0 Å². The van der Waals surface area contributed by atoms with Gasteiger partial charge < -0.3 is 10.2 Å². The van der Waals surface area contributed by atoms with Crippen molar-refractivity contribution in [3.05, 3.63) is 0 Å². The Morgan fingerprint density at radius 3 is 1.49 bits per heavy atom. The summed E-state index contributed by atoms with van der Waals surface area (Å²) in [7, 11) is 3.95. The molecule has 0 aromatic heterocycles. The molecule has 35 heavy (non-hydrogen) atoms. The summed E-state index contributed by atoms with van der Waals surface area (Å²) in [6.45, 7) is 5.09. The van der Waals surface area contributed by atoms with Crippen molar-refractivity contribution in [2.75, 3.05) is 20.6 Å². The fraction of sp³-hybridized carbons (Fsp3) is 0.969. The maximum absolute atomic E-state index is 12.3. The first-order valence-corrected chi connectivity index (χ1v) is 16.0. The summed E-state index contributed by atoms with van der Waals surface area (Å²) in [5, 5.41) is 3.34. The van der Waals surface area contributed by atoms with E-state index in [4.69, 9.17) is 0 Å². The molecule has 0 saturated heterocycles. The Labute approximate surface area is 221 Å². The van der Waals surface area contributed by atoms with Crippen LogP contribution in [0.3, 0.4) is 0 Å². The Bertz CT molecular complexity index is 478. The van der Waals surface area contributed by atoms with E-state index < -0.39 is 0 Å². The summed E-state index contributed by atoms with van der Waals surface area (Å²) in [6.07, 6.45) is 31.8. The SMILES string of the molecule is CCCCCCCCC[C@H](CCCCCCC[C@@H]1C[C@H]1CCCCCCCC)NC(=O)CN(C)C. The van der Waals surface area contributed by atoms with E-state index in [1.54, 1.807) is 0 Å². The third kappa shape index (κ3) is 20.2. The summed E-state index contributed by atoms with van der Waals surface area (Å²) < 4.78 is 0. The van der Waals surface area contributed by atoms with Gasteiger partial charge in [-0.3, -0.25) is 4.79 Å². The van der Waals surface area contributed by atoms with Crippen molar-refractivity contribution >= 4 is 5.91 Å². The first-order chi connectivity index (χ1) is 17.1. The first-order valence-electron chi connectivity index (χ1n) is 16.0. The third-order valence-corrected chi connectivity index (χ3v) is 8.11. The lowest BCUT2D eigenvalue weighted by molar-refractivity contribution is -0.122. The smallest absolute Gasteiger partial charge is 0.234 e. The molecule has 208 valence electrons. The molecule has 1 rings (SSSR count). The fourth-order valence-corrected chi connectivity index (χ4v) is 5.73. The molecule has 0 aromatic rings. The van der Waals surface area contributed by atoms with Crippen LogP contribution in [0.4, 0.5) is 0 Å². The van der Waals surface area contributed by atoms with Gasteiger partial charge in [-0.1, -0.05) is 142 Å². The van der Waals surface area contributed by atoms with Crippen molar-refractivity contribution < 1.29 is 4.79 Å². The highest BCUT2D eigenvalue weighted by Crippen LogP contribution is 2.45. The lowest BCUT2D eigenvalue weighted by atomic mass is 9.99. The fourth-order valence-electron chi connectivity index (χ4n) is 5.73. The van der Waals surface area contributed by atoms with Crippen LogP contribution in [0.2, 0.25) is 0 Å². The molecule has 1 aliphatic rings. The minimum atomic E-state index is 0.197. The number of amides is 1. The average Bonchev–Trinajstić information content (AvgIpc) is 3.57. The van der Waals surface area contributed by atoms with Gasteiger partial charge >= 0.3 is 0 Å². The van der Waals surface area contributed by atoms with Gasteiger partial charge in [0.15, 0.2) is 0 Å². The van der Waals surface area contributed by atoms with E-state index in [2.05, 4.69) is 19.2 Å². The highest BCUT2D eigenvalue weighted by Gasteiger charge is 2.34. The minimum absolute atomic E-state index is 0.197. The molecule has 1 saturated carbocycles. The molecule has 3 nitrogen and oxygen atoms in total. The molecule has 0 bridgehead atoms. The summed E-state index contributed by atoms with van der Waals surface area (Å²) in [5.41, 5.74) is 0. The van der Waals surface area contributed by atoms with Crippen LogP contribution in [-0.4, -0.2) is 37.5 Å². The highest BCUT2D eigenvalue weighted by atomic mass is 16.2. The predicted molar refractivity (Wildman–Crippen MR) is 155 cm³/mol. The largest absolute Gasteiger partial charge is 0.352 e. The molecule has 1 amide bonds. The second kappa shape index (κ2) is 22.6. The van der Waals surface area contributed by atoms with E-state index in [0.29, 0.717) is 12.6 Å². The third-order valence-electron chi connectivity index (χ3n) is 8.11. The van der Waals surface area contributed by atoms with Gasteiger partial charge in [-0.05, 0) is 45.2 Å².